The molecule has 0 aliphatic carbocycles. The first-order valence-electron chi connectivity index (χ1n) is 6.11. The van der Waals surface area contributed by atoms with E-state index in [1.54, 1.807) is 37.4 Å². The van der Waals surface area contributed by atoms with Crippen molar-refractivity contribution in [3.63, 3.8) is 0 Å². The maximum absolute atomic E-state index is 11.5. The number of rotatable bonds is 4. The quantitative estimate of drug-likeness (QED) is 0.687. The van der Waals surface area contributed by atoms with E-state index < -0.39 is 5.97 Å². The highest BCUT2D eigenvalue weighted by molar-refractivity contribution is 5.93. The molecule has 0 amide bonds. The number of hydrogen-bond acceptors (Lipinski definition) is 6. The molecule has 0 saturated heterocycles. The van der Waals surface area contributed by atoms with Crippen molar-refractivity contribution >= 4 is 17.3 Å². The smallest absolute Gasteiger partial charge is 0.341 e. The molecule has 0 aromatic heterocycles. The molecule has 6 nitrogen and oxygen atoms in total. The number of phenols is 1. The van der Waals surface area contributed by atoms with E-state index in [0.717, 1.165) is 5.75 Å². The van der Waals surface area contributed by atoms with Crippen LogP contribution in [0, 0.1) is 0 Å². The number of carbonyl (C=O) groups is 1. The lowest BCUT2D eigenvalue weighted by atomic mass is 10.2. The Bertz CT molecular complexity index is 666. The van der Waals surface area contributed by atoms with Crippen LogP contribution in [0.25, 0.3) is 0 Å². The van der Waals surface area contributed by atoms with E-state index in [2.05, 4.69) is 15.0 Å². The Hall–Kier alpha value is -2.89. The number of nitrogens with zero attached hydrogens (tertiary/aromatic N) is 2. The van der Waals surface area contributed by atoms with Gasteiger partial charge in [0.15, 0.2) is 0 Å². The first kappa shape index (κ1) is 14.5. The zero-order chi connectivity index (χ0) is 15.2. The molecule has 21 heavy (non-hydrogen) atoms. The van der Waals surface area contributed by atoms with Gasteiger partial charge < -0.3 is 14.6 Å². The zero-order valence-electron chi connectivity index (χ0n) is 11.6. The second kappa shape index (κ2) is 6.51. The Balaban J connectivity index is 2.22. The van der Waals surface area contributed by atoms with Gasteiger partial charge in [-0.15, -0.1) is 0 Å². The molecule has 108 valence electrons. The number of hydrogen-bond donors (Lipinski definition) is 1. The molecule has 2 rings (SSSR count). The van der Waals surface area contributed by atoms with Crippen molar-refractivity contribution in [3.05, 3.63) is 48.0 Å². The Labute approximate surface area is 121 Å². The van der Waals surface area contributed by atoms with Crippen molar-refractivity contribution in [2.45, 2.75) is 0 Å². The number of methoxy groups -OCH3 is 2. The molecule has 0 spiro atoms. The van der Waals surface area contributed by atoms with E-state index in [1.807, 2.05) is 0 Å². The molecule has 0 heterocycles. The van der Waals surface area contributed by atoms with Gasteiger partial charge in [0.05, 0.1) is 25.6 Å². The van der Waals surface area contributed by atoms with Gasteiger partial charge in [-0.2, -0.15) is 10.2 Å². The Morgan fingerprint density at radius 2 is 1.62 bits per heavy atom. The zero-order valence-corrected chi connectivity index (χ0v) is 11.6. The van der Waals surface area contributed by atoms with Crippen molar-refractivity contribution in [2.75, 3.05) is 14.2 Å². The lowest BCUT2D eigenvalue weighted by molar-refractivity contribution is 0.0597. The molecule has 0 aliphatic rings. The summed E-state index contributed by atoms with van der Waals surface area (Å²) in [6, 6.07) is 11.4. The summed E-state index contributed by atoms with van der Waals surface area (Å²) in [5, 5.41) is 17.7. The van der Waals surface area contributed by atoms with Crippen LogP contribution in [0.5, 0.6) is 11.5 Å². The van der Waals surface area contributed by atoms with E-state index >= 15 is 0 Å². The number of aromatic hydroxyl groups is 1. The van der Waals surface area contributed by atoms with E-state index in [0.29, 0.717) is 11.4 Å². The van der Waals surface area contributed by atoms with Gasteiger partial charge >= 0.3 is 5.97 Å². The van der Waals surface area contributed by atoms with Crippen molar-refractivity contribution in [2.24, 2.45) is 10.2 Å². The Morgan fingerprint density at radius 3 is 2.24 bits per heavy atom. The summed E-state index contributed by atoms with van der Waals surface area (Å²) in [5.41, 5.74) is 1.12. The third-order valence-corrected chi connectivity index (χ3v) is 2.74. The number of phenolic OH excluding ortho intramolecular Hbond substituents is 1. The molecule has 1 N–H and O–H groups in total. The molecule has 0 saturated carbocycles. The Kier molecular flexibility index (Phi) is 4.50. The topological polar surface area (TPSA) is 80.5 Å². The first-order chi connectivity index (χ1) is 10.1. The lowest BCUT2D eigenvalue weighted by Gasteiger charge is -2.03. The third-order valence-electron chi connectivity index (χ3n) is 2.74. The van der Waals surface area contributed by atoms with Gasteiger partial charge in [-0.1, -0.05) is 0 Å². The molecular weight excluding hydrogens is 272 g/mol. The highest BCUT2D eigenvalue weighted by Crippen LogP contribution is 2.26. The van der Waals surface area contributed by atoms with E-state index in [-0.39, 0.29) is 11.3 Å². The van der Waals surface area contributed by atoms with Gasteiger partial charge in [-0.05, 0) is 42.5 Å². The van der Waals surface area contributed by atoms with E-state index in [1.165, 1.54) is 19.2 Å². The van der Waals surface area contributed by atoms with Crippen molar-refractivity contribution in [1.29, 1.82) is 0 Å². The SMILES string of the molecule is COC(=O)c1cc(N=Nc2ccc(OC)cc2)ccc1O. The number of benzene rings is 2. The molecular formula is C15H14N2O4. The van der Waals surface area contributed by atoms with Gasteiger partial charge in [-0.25, -0.2) is 4.79 Å². The summed E-state index contributed by atoms with van der Waals surface area (Å²) in [4.78, 5) is 11.5. The molecule has 0 unspecified atom stereocenters. The van der Waals surface area contributed by atoms with E-state index in [4.69, 9.17) is 4.74 Å². The van der Waals surface area contributed by atoms with Crippen LogP contribution >= 0.6 is 0 Å². The molecule has 0 aliphatic heterocycles. The molecule has 0 radical (unpaired) electrons. The standard InChI is InChI=1S/C15H14N2O4/c1-20-12-6-3-10(4-7-12)16-17-11-5-8-14(18)13(9-11)15(19)21-2/h3-9,18H,1-2H3. The fourth-order valence-corrected chi connectivity index (χ4v) is 1.62. The average Bonchev–Trinajstić information content (AvgIpc) is 2.53. The summed E-state index contributed by atoms with van der Waals surface area (Å²) in [6.45, 7) is 0. The van der Waals surface area contributed by atoms with Crippen LogP contribution in [0.4, 0.5) is 11.4 Å². The van der Waals surface area contributed by atoms with Crippen LogP contribution in [-0.2, 0) is 4.74 Å². The molecule has 0 bridgehead atoms. The summed E-state index contributed by atoms with van der Waals surface area (Å²) in [5.74, 6) is -0.0641. The first-order valence-corrected chi connectivity index (χ1v) is 6.11. The monoisotopic (exact) mass is 286 g/mol. The normalized spacial score (nSPS) is 10.6. The largest absolute Gasteiger partial charge is 0.507 e. The van der Waals surface area contributed by atoms with E-state index in [9.17, 15) is 9.90 Å². The predicted octanol–water partition coefficient (Wildman–Crippen LogP) is 3.60. The molecule has 2 aromatic carbocycles. The highest BCUT2D eigenvalue weighted by atomic mass is 16.5. The van der Waals surface area contributed by atoms with Crippen LogP contribution in [0.1, 0.15) is 10.4 Å². The minimum Gasteiger partial charge on any atom is -0.507 e. The maximum atomic E-state index is 11.5. The van der Waals surface area contributed by atoms with Crippen LogP contribution in [0.2, 0.25) is 0 Å². The number of ether oxygens (including phenoxy) is 2. The third kappa shape index (κ3) is 3.56. The van der Waals surface area contributed by atoms with Crippen LogP contribution in [0.15, 0.2) is 52.7 Å². The predicted molar refractivity (Wildman–Crippen MR) is 76.6 cm³/mol. The number of carbonyl (C=O) groups excluding carboxylic acids is 1. The summed E-state index contributed by atoms with van der Waals surface area (Å²) in [6.07, 6.45) is 0. The second-order valence-electron chi connectivity index (χ2n) is 4.09. The molecule has 0 fully saturated rings. The van der Waals surface area contributed by atoms with Crippen molar-refractivity contribution < 1.29 is 19.4 Å². The van der Waals surface area contributed by atoms with Crippen LogP contribution in [0.3, 0.4) is 0 Å². The average molecular weight is 286 g/mol. The molecule has 6 heteroatoms. The minimum atomic E-state index is -0.631. The maximum Gasteiger partial charge on any atom is 0.341 e. The summed E-state index contributed by atoms with van der Waals surface area (Å²) in [7, 11) is 2.83. The molecule has 0 atom stereocenters. The lowest BCUT2D eigenvalue weighted by Crippen LogP contribution is -2.00. The van der Waals surface area contributed by atoms with Gasteiger partial charge in [0, 0.05) is 0 Å². The van der Waals surface area contributed by atoms with Crippen LogP contribution < -0.4 is 4.74 Å². The minimum absolute atomic E-state index is 0.0451. The highest BCUT2D eigenvalue weighted by Gasteiger charge is 2.11. The van der Waals surface area contributed by atoms with Gasteiger partial charge in [0.25, 0.3) is 0 Å². The number of esters is 1. The van der Waals surface area contributed by atoms with Crippen molar-refractivity contribution in [1.82, 2.24) is 0 Å². The van der Waals surface area contributed by atoms with Gasteiger partial charge in [0.2, 0.25) is 0 Å². The Morgan fingerprint density at radius 1 is 1.00 bits per heavy atom. The number of azo groups is 1. The second-order valence-corrected chi connectivity index (χ2v) is 4.09. The summed E-state index contributed by atoms with van der Waals surface area (Å²) < 4.78 is 9.62. The van der Waals surface area contributed by atoms with Crippen molar-refractivity contribution in [3.8, 4) is 11.5 Å². The molecule has 2 aromatic rings. The summed E-state index contributed by atoms with van der Waals surface area (Å²) >= 11 is 0. The van der Waals surface area contributed by atoms with Gasteiger partial charge in [0.1, 0.15) is 17.1 Å². The fourth-order valence-electron chi connectivity index (χ4n) is 1.62. The van der Waals surface area contributed by atoms with Gasteiger partial charge in [-0.3, -0.25) is 0 Å². The van der Waals surface area contributed by atoms with Crippen LogP contribution in [-0.4, -0.2) is 25.3 Å². The fraction of sp³-hybridized carbons (Fsp3) is 0.133.